The van der Waals surface area contributed by atoms with Gasteiger partial charge in [0.05, 0.1) is 6.61 Å². The van der Waals surface area contributed by atoms with Crippen LogP contribution in [0.1, 0.15) is 25.7 Å². The first kappa shape index (κ1) is 16.9. The topological polar surface area (TPSA) is 90.9 Å². The van der Waals surface area contributed by atoms with Crippen LogP contribution in [0.5, 0.6) is 0 Å². The Balaban J connectivity index is 1.99. The number of rotatable bonds is 8. The van der Waals surface area contributed by atoms with E-state index >= 15 is 0 Å². The number of anilines is 1. The van der Waals surface area contributed by atoms with Crippen molar-refractivity contribution in [1.82, 2.24) is 10.5 Å². The van der Waals surface area contributed by atoms with E-state index in [1.165, 1.54) is 7.05 Å². The number of hydrogen-bond donors (Lipinski definition) is 3. The van der Waals surface area contributed by atoms with Crippen molar-refractivity contribution in [3.8, 4) is 0 Å². The Kier molecular flexibility index (Phi) is 7.85. The predicted octanol–water partition coefficient (Wildman–Crippen LogP) is 2.15. The van der Waals surface area contributed by atoms with Gasteiger partial charge in [-0.2, -0.15) is 0 Å². The smallest absolute Gasteiger partial charge is 0.306 e. The van der Waals surface area contributed by atoms with Crippen molar-refractivity contribution in [2.75, 3.05) is 19.0 Å². The quantitative estimate of drug-likeness (QED) is 0.389. The second kappa shape index (κ2) is 9.73. The van der Waals surface area contributed by atoms with Crippen LogP contribution in [0.15, 0.2) is 30.3 Å². The molecule has 1 aromatic rings. The molecule has 0 atom stereocenters. The predicted molar refractivity (Wildman–Crippen MR) is 77.6 cm³/mol. The summed E-state index contributed by atoms with van der Waals surface area (Å²) in [5, 5.41) is 12.1. The van der Waals surface area contributed by atoms with Crippen molar-refractivity contribution in [3.63, 3.8) is 0 Å². The summed E-state index contributed by atoms with van der Waals surface area (Å²) in [5.74, 6) is -0.309. The molecule has 0 unspecified atom stereocenters. The Morgan fingerprint density at radius 3 is 2.57 bits per heavy atom. The zero-order valence-corrected chi connectivity index (χ0v) is 12.0. The fraction of sp³-hybridized carbons (Fsp3) is 0.429. The lowest BCUT2D eigenvalue weighted by molar-refractivity contribution is -0.159. The SMILES string of the molecule is CN(O)C(=O)CCCCCONC(=O)Nc1ccccc1. The van der Waals surface area contributed by atoms with E-state index < -0.39 is 6.03 Å². The van der Waals surface area contributed by atoms with Gasteiger partial charge in [0.1, 0.15) is 0 Å². The Labute approximate surface area is 123 Å². The normalized spacial score (nSPS) is 10.0. The molecular weight excluding hydrogens is 274 g/mol. The molecule has 7 nitrogen and oxygen atoms in total. The molecule has 0 saturated heterocycles. The first-order valence-electron chi connectivity index (χ1n) is 6.79. The van der Waals surface area contributed by atoms with Crippen LogP contribution < -0.4 is 10.8 Å². The molecule has 0 saturated carbocycles. The number of urea groups is 1. The van der Waals surface area contributed by atoms with Gasteiger partial charge in [-0.25, -0.2) is 15.3 Å². The highest BCUT2D eigenvalue weighted by Gasteiger charge is 2.04. The number of hydroxylamine groups is 3. The first-order valence-corrected chi connectivity index (χ1v) is 6.79. The fourth-order valence-electron chi connectivity index (χ4n) is 1.58. The highest BCUT2D eigenvalue weighted by Crippen LogP contribution is 2.04. The number of unbranched alkanes of at least 4 members (excludes halogenated alkanes) is 2. The lowest BCUT2D eigenvalue weighted by Gasteiger charge is -2.08. The van der Waals surface area contributed by atoms with E-state index in [4.69, 9.17) is 10.0 Å². The van der Waals surface area contributed by atoms with Gasteiger partial charge in [-0.15, -0.1) is 0 Å². The molecule has 1 aromatic carbocycles. The molecule has 0 spiro atoms. The third-order valence-corrected chi connectivity index (χ3v) is 2.69. The van der Waals surface area contributed by atoms with Crippen molar-refractivity contribution >= 4 is 17.6 Å². The maximum atomic E-state index is 11.4. The summed E-state index contributed by atoms with van der Waals surface area (Å²) >= 11 is 0. The van der Waals surface area contributed by atoms with Gasteiger partial charge >= 0.3 is 6.03 Å². The van der Waals surface area contributed by atoms with E-state index in [9.17, 15) is 9.59 Å². The van der Waals surface area contributed by atoms with E-state index in [0.717, 1.165) is 6.42 Å². The largest absolute Gasteiger partial charge is 0.343 e. The molecule has 0 bridgehead atoms. The summed E-state index contributed by atoms with van der Waals surface area (Å²) in [6, 6.07) is 8.62. The molecule has 0 aromatic heterocycles. The summed E-state index contributed by atoms with van der Waals surface area (Å²) in [6.45, 7) is 0.366. The van der Waals surface area contributed by atoms with Crippen LogP contribution in [0.25, 0.3) is 0 Å². The lowest BCUT2D eigenvalue weighted by atomic mass is 10.2. The molecule has 0 radical (unpaired) electrons. The average molecular weight is 295 g/mol. The van der Waals surface area contributed by atoms with Crippen LogP contribution in [-0.2, 0) is 9.63 Å². The van der Waals surface area contributed by atoms with E-state index in [-0.39, 0.29) is 5.91 Å². The highest BCUT2D eigenvalue weighted by atomic mass is 16.7. The van der Waals surface area contributed by atoms with E-state index in [2.05, 4.69) is 10.8 Å². The standard InChI is InChI=1S/C14H21N3O4/c1-17(20)13(18)10-6-3-7-11-21-16-14(19)15-12-8-4-2-5-9-12/h2,4-5,8-9,20H,3,6-7,10-11H2,1H3,(H2,15,16,19). The van der Waals surface area contributed by atoms with Gasteiger partial charge in [-0.3, -0.25) is 14.8 Å². The van der Waals surface area contributed by atoms with Crippen LogP contribution in [-0.4, -0.2) is 35.9 Å². The molecule has 0 fully saturated rings. The molecule has 21 heavy (non-hydrogen) atoms. The molecule has 7 heteroatoms. The number of para-hydroxylation sites is 1. The summed E-state index contributed by atoms with van der Waals surface area (Å²) in [7, 11) is 1.31. The van der Waals surface area contributed by atoms with Crippen LogP contribution in [0, 0.1) is 0 Å². The maximum Gasteiger partial charge on any atom is 0.343 e. The summed E-state index contributed by atoms with van der Waals surface area (Å²) in [4.78, 5) is 27.5. The molecule has 3 N–H and O–H groups in total. The van der Waals surface area contributed by atoms with Crippen LogP contribution >= 0.6 is 0 Å². The van der Waals surface area contributed by atoms with Gasteiger partial charge in [0.2, 0.25) is 5.91 Å². The minimum absolute atomic E-state index is 0.301. The van der Waals surface area contributed by atoms with E-state index in [1.54, 1.807) is 12.1 Å². The Morgan fingerprint density at radius 2 is 1.90 bits per heavy atom. The van der Waals surface area contributed by atoms with Crippen LogP contribution in [0.4, 0.5) is 10.5 Å². The fourth-order valence-corrected chi connectivity index (χ4v) is 1.58. The molecule has 1 rings (SSSR count). The third-order valence-electron chi connectivity index (χ3n) is 2.69. The van der Waals surface area contributed by atoms with Crippen molar-refractivity contribution in [1.29, 1.82) is 0 Å². The van der Waals surface area contributed by atoms with Crippen molar-refractivity contribution < 1.29 is 19.6 Å². The Bertz CT molecular complexity index is 437. The first-order chi connectivity index (χ1) is 10.1. The molecule has 0 aliphatic rings. The van der Waals surface area contributed by atoms with E-state index in [1.807, 2.05) is 18.2 Å². The number of benzene rings is 1. The molecule has 0 heterocycles. The number of nitrogens with zero attached hydrogens (tertiary/aromatic N) is 1. The third kappa shape index (κ3) is 7.91. The Hall–Kier alpha value is -2.12. The molecule has 0 aliphatic heterocycles. The van der Waals surface area contributed by atoms with Gasteiger partial charge in [0.15, 0.2) is 0 Å². The number of carbonyl (C=O) groups is 2. The van der Waals surface area contributed by atoms with Crippen molar-refractivity contribution in [2.45, 2.75) is 25.7 Å². The van der Waals surface area contributed by atoms with Crippen molar-refractivity contribution in [2.24, 2.45) is 0 Å². The lowest BCUT2D eigenvalue weighted by Crippen LogP contribution is -2.29. The van der Waals surface area contributed by atoms with Crippen molar-refractivity contribution in [3.05, 3.63) is 30.3 Å². The maximum absolute atomic E-state index is 11.4. The van der Waals surface area contributed by atoms with Gasteiger partial charge in [0, 0.05) is 19.2 Å². The average Bonchev–Trinajstić information content (AvgIpc) is 2.46. The van der Waals surface area contributed by atoms with Gasteiger partial charge in [-0.1, -0.05) is 24.6 Å². The minimum atomic E-state index is -0.432. The Morgan fingerprint density at radius 1 is 1.19 bits per heavy atom. The summed E-state index contributed by atoms with van der Waals surface area (Å²) < 4.78 is 0. The number of hydrogen-bond acceptors (Lipinski definition) is 4. The van der Waals surface area contributed by atoms with Gasteiger partial charge in [-0.05, 0) is 25.0 Å². The monoisotopic (exact) mass is 295 g/mol. The number of carbonyl (C=O) groups excluding carboxylic acids is 2. The second-order valence-electron chi connectivity index (χ2n) is 4.50. The molecule has 3 amide bonds. The van der Waals surface area contributed by atoms with E-state index in [0.29, 0.717) is 36.6 Å². The summed E-state index contributed by atoms with van der Waals surface area (Å²) in [6.07, 6.45) is 2.47. The zero-order valence-electron chi connectivity index (χ0n) is 12.0. The highest BCUT2D eigenvalue weighted by molar-refractivity contribution is 5.88. The molecular formula is C14H21N3O4. The second-order valence-corrected chi connectivity index (χ2v) is 4.50. The summed E-state index contributed by atoms with van der Waals surface area (Å²) in [5.41, 5.74) is 2.97. The molecule has 116 valence electrons. The number of nitrogens with one attached hydrogen (secondary N) is 2. The van der Waals surface area contributed by atoms with Gasteiger partial charge in [0.25, 0.3) is 0 Å². The van der Waals surface area contributed by atoms with Gasteiger partial charge < -0.3 is 5.32 Å². The zero-order chi connectivity index (χ0) is 15.5. The van der Waals surface area contributed by atoms with Crippen LogP contribution in [0.3, 0.4) is 0 Å². The molecule has 0 aliphatic carbocycles. The van der Waals surface area contributed by atoms with Crippen LogP contribution in [0.2, 0.25) is 0 Å². The number of amides is 3. The minimum Gasteiger partial charge on any atom is -0.306 e.